The highest BCUT2D eigenvalue weighted by Crippen LogP contribution is 2.37. The van der Waals surface area contributed by atoms with Crippen LogP contribution in [0.4, 0.5) is 5.82 Å². The van der Waals surface area contributed by atoms with Crippen LogP contribution in [0.15, 0.2) is 58.9 Å². The number of pyridine rings is 1. The second-order valence-electron chi connectivity index (χ2n) is 9.48. The number of nitrogens with one attached hydrogen (secondary N) is 1. The minimum absolute atomic E-state index is 0.0404. The average Bonchev–Trinajstić information content (AvgIpc) is 3.45. The first-order chi connectivity index (χ1) is 20.2. The normalized spacial score (nSPS) is 11.6. The van der Waals surface area contributed by atoms with Crippen molar-refractivity contribution in [2.75, 3.05) is 18.9 Å². The van der Waals surface area contributed by atoms with E-state index in [1.807, 2.05) is 43.5 Å². The van der Waals surface area contributed by atoms with Gasteiger partial charge in [-0.2, -0.15) is 10.5 Å². The predicted molar refractivity (Wildman–Crippen MR) is 165 cm³/mol. The maximum Gasteiger partial charge on any atom is 0.320 e. The molecule has 1 atom stereocenters. The lowest BCUT2D eigenvalue weighted by Crippen LogP contribution is -2.42. The number of nitrogens with two attached hydrogens (primary N) is 1. The molecule has 12 heteroatoms. The number of carboxylic acids is 1. The molecule has 0 fully saturated rings. The lowest BCUT2D eigenvalue weighted by atomic mass is 9.97. The van der Waals surface area contributed by atoms with E-state index in [2.05, 4.69) is 22.4 Å². The van der Waals surface area contributed by atoms with E-state index in [1.54, 1.807) is 24.3 Å². The molecule has 42 heavy (non-hydrogen) atoms. The van der Waals surface area contributed by atoms with Gasteiger partial charge in [0.05, 0.1) is 11.3 Å². The number of ether oxygens (including phenoxy) is 1. The third-order valence-electron chi connectivity index (χ3n) is 6.23. The van der Waals surface area contributed by atoms with Crippen molar-refractivity contribution < 1.29 is 14.6 Å². The van der Waals surface area contributed by atoms with Crippen molar-refractivity contribution >= 4 is 46.5 Å². The summed E-state index contributed by atoms with van der Waals surface area (Å²) < 4.78 is 5.76. The number of hydrogen-bond acceptors (Lipinski definition) is 10. The summed E-state index contributed by atoms with van der Waals surface area (Å²) >= 11 is 8.83. The number of nitrogen functional groups attached to an aromatic ring is 1. The quantitative estimate of drug-likeness (QED) is 0.123. The number of nitrogens with zero attached hydrogens (tertiary/aromatic N) is 4. The van der Waals surface area contributed by atoms with Crippen molar-refractivity contribution in [2.45, 2.75) is 30.7 Å². The molecule has 2 aromatic carbocycles. The number of aromatic nitrogens is 2. The fourth-order valence-corrected chi connectivity index (χ4v) is 6.09. The maximum absolute atomic E-state index is 11.3. The van der Waals surface area contributed by atoms with Crippen molar-refractivity contribution in [1.82, 2.24) is 15.3 Å². The molecule has 2 heterocycles. The number of aliphatic carboxylic acids is 1. The van der Waals surface area contributed by atoms with Crippen LogP contribution >= 0.6 is 34.7 Å². The lowest BCUT2D eigenvalue weighted by Gasteiger charge is -2.18. The summed E-state index contributed by atoms with van der Waals surface area (Å²) in [6.45, 7) is 4.30. The van der Waals surface area contributed by atoms with Crippen LogP contribution in [-0.2, 0) is 10.5 Å². The first-order valence-electron chi connectivity index (χ1n) is 12.9. The number of hydrogen-bond donors (Lipinski definition) is 3. The topological polar surface area (TPSA) is 158 Å². The highest BCUT2D eigenvalue weighted by Gasteiger charge is 2.22. The Hall–Kier alpha value is -4.13. The Bertz CT molecular complexity index is 1640. The monoisotopic (exact) mass is 618 g/mol. The third-order valence-corrected chi connectivity index (χ3v) is 8.43. The fraction of sp³-hybridized carbons (Fsp3) is 0.233. The van der Waals surface area contributed by atoms with Gasteiger partial charge in [0.15, 0.2) is 0 Å². The standard InChI is InChI=1S/C30H27ClN6O3S2/c1-17(2)26(30(38)39)35-11-12-40-22-9-5-18(6-10-22)25-23(13-32)27(34)37-29(24(25)14-33)42-16-21-15-41-28(36-21)19-3-7-20(31)8-4-19/h3-10,15,17,26,35H,11-12,16H2,1-2H3,(H2,34,37)(H,38,39)/t26-/m0/s1. The van der Waals surface area contributed by atoms with E-state index in [4.69, 9.17) is 27.1 Å². The van der Waals surface area contributed by atoms with Gasteiger partial charge in [0, 0.05) is 33.8 Å². The van der Waals surface area contributed by atoms with Gasteiger partial charge in [-0.3, -0.25) is 4.79 Å². The molecule has 0 bridgehead atoms. The number of halogens is 1. The molecular formula is C30H27ClN6O3S2. The van der Waals surface area contributed by atoms with Gasteiger partial charge < -0.3 is 20.9 Å². The van der Waals surface area contributed by atoms with Crippen LogP contribution in [0.2, 0.25) is 5.02 Å². The van der Waals surface area contributed by atoms with Crippen molar-refractivity contribution in [1.29, 1.82) is 10.5 Å². The first kappa shape index (κ1) is 30.8. The van der Waals surface area contributed by atoms with E-state index in [0.29, 0.717) is 39.2 Å². The second kappa shape index (κ2) is 14.2. The number of anilines is 1. The van der Waals surface area contributed by atoms with E-state index in [1.165, 1.54) is 23.1 Å². The number of carboxylic acid groups (broad SMARTS) is 1. The largest absolute Gasteiger partial charge is 0.492 e. The summed E-state index contributed by atoms with van der Waals surface area (Å²) in [4.78, 5) is 20.4. The van der Waals surface area contributed by atoms with Crippen LogP contribution in [-0.4, -0.2) is 40.2 Å². The van der Waals surface area contributed by atoms with Crippen LogP contribution in [0, 0.1) is 28.6 Å². The highest BCUT2D eigenvalue weighted by molar-refractivity contribution is 7.98. The summed E-state index contributed by atoms with van der Waals surface area (Å²) in [5.74, 6) is 0.0926. The van der Waals surface area contributed by atoms with Gasteiger partial charge >= 0.3 is 5.97 Å². The minimum Gasteiger partial charge on any atom is -0.492 e. The molecule has 2 aromatic heterocycles. The van der Waals surface area contributed by atoms with Crippen LogP contribution in [0.25, 0.3) is 21.7 Å². The zero-order valence-corrected chi connectivity index (χ0v) is 25.2. The van der Waals surface area contributed by atoms with Crippen LogP contribution in [0.5, 0.6) is 5.75 Å². The molecule has 0 unspecified atom stereocenters. The van der Waals surface area contributed by atoms with Crippen LogP contribution in [0.3, 0.4) is 0 Å². The Kier molecular flexibility index (Phi) is 10.4. The van der Waals surface area contributed by atoms with E-state index in [9.17, 15) is 20.4 Å². The number of nitriles is 2. The summed E-state index contributed by atoms with van der Waals surface area (Å²) in [5, 5.41) is 36.1. The molecule has 0 aliphatic carbocycles. The zero-order chi connectivity index (χ0) is 30.2. The molecule has 9 nitrogen and oxygen atoms in total. The van der Waals surface area contributed by atoms with E-state index >= 15 is 0 Å². The van der Waals surface area contributed by atoms with Crippen LogP contribution in [0.1, 0.15) is 30.7 Å². The number of rotatable bonds is 12. The molecule has 0 aliphatic heterocycles. The smallest absolute Gasteiger partial charge is 0.320 e. The van der Waals surface area contributed by atoms with Crippen molar-refractivity contribution in [3.63, 3.8) is 0 Å². The van der Waals surface area contributed by atoms with Crippen LogP contribution < -0.4 is 15.8 Å². The minimum atomic E-state index is -0.903. The number of carbonyl (C=O) groups is 1. The molecule has 0 saturated carbocycles. The Balaban J connectivity index is 1.50. The first-order valence-corrected chi connectivity index (χ1v) is 15.1. The fourth-order valence-electron chi connectivity index (χ4n) is 4.14. The summed E-state index contributed by atoms with van der Waals surface area (Å²) in [6, 6.07) is 18.1. The van der Waals surface area contributed by atoms with Gasteiger partial charge in [-0.15, -0.1) is 11.3 Å². The average molecular weight is 619 g/mol. The molecule has 214 valence electrons. The highest BCUT2D eigenvalue weighted by atomic mass is 35.5. The molecule has 0 spiro atoms. The van der Waals surface area contributed by atoms with Gasteiger partial charge in [0.2, 0.25) is 0 Å². The van der Waals surface area contributed by atoms with Gasteiger partial charge in [-0.1, -0.05) is 61.5 Å². The number of benzene rings is 2. The summed E-state index contributed by atoms with van der Waals surface area (Å²) in [6.07, 6.45) is 0. The molecule has 0 amide bonds. The van der Waals surface area contributed by atoms with E-state index in [-0.39, 0.29) is 29.5 Å². The predicted octanol–water partition coefficient (Wildman–Crippen LogP) is 6.22. The van der Waals surface area contributed by atoms with Gasteiger partial charge in [0.25, 0.3) is 0 Å². The molecule has 0 radical (unpaired) electrons. The summed E-state index contributed by atoms with van der Waals surface area (Å²) in [7, 11) is 0. The molecule has 4 N–H and O–H groups in total. The Labute approximate surface area is 257 Å². The van der Waals surface area contributed by atoms with E-state index < -0.39 is 12.0 Å². The van der Waals surface area contributed by atoms with Crippen molar-refractivity contribution in [3.8, 4) is 39.6 Å². The van der Waals surface area contributed by atoms with Gasteiger partial charge in [0.1, 0.15) is 52.0 Å². The SMILES string of the molecule is CC(C)[C@H](NCCOc1ccc(-c2c(C#N)c(N)nc(SCc3csc(-c4ccc(Cl)cc4)n3)c2C#N)cc1)C(=O)O. The third kappa shape index (κ3) is 7.38. The number of thioether (sulfide) groups is 1. The number of thiazole rings is 1. The molecule has 4 rings (SSSR count). The molecule has 0 saturated heterocycles. The molecule has 0 aliphatic rings. The zero-order valence-electron chi connectivity index (χ0n) is 22.8. The Morgan fingerprint density at radius 1 is 1.10 bits per heavy atom. The van der Waals surface area contributed by atoms with Crippen molar-refractivity contribution in [3.05, 3.63) is 75.8 Å². The van der Waals surface area contributed by atoms with Gasteiger partial charge in [-0.05, 0) is 35.7 Å². The van der Waals surface area contributed by atoms with Gasteiger partial charge in [-0.25, -0.2) is 9.97 Å². The van der Waals surface area contributed by atoms with E-state index in [0.717, 1.165) is 16.3 Å². The Morgan fingerprint density at radius 3 is 2.38 bits per heavy atom. The maximum atomic E-state index is 11.3. The van der Waals surface area contributed by atoms with Crippen molar-refractivity contribution in [2.24, 2.45) is 5.92 Å². The second-order valence-corrected chi connectivity index (χ2v) is 11.7. The molecular weight excluding hydrogens is 592 g/mol. The summed E-state index contributed by atoms with van der Waals surface area (Å²) in [5.41, 5.74) is 9.37. The lowest BCUT2D eigenvalue weighted by molar-refractivity contribution is -0.140. The Morgan fingerprint density at radius 2 is 1.76 bits per heavy atom. The molecule has 4 aromatic rings.